The number of carbonyl (C=O) groups is 1. The number of benzene rings is 2. The van der Waals surface area contributed by atoms with Gasteiger partial charge in [0.05, 0.1) is 12.7 Å². The van der Waals surface area contributed by atoms with Crippen LogP contribution < -0.4 is 15.0 Å². The molecule has 0 saturated carbocycles. The van der Waals surface area contributed by atoms with Crippen molar-refractivity contribution in [3.05, 3.63) is 59.8 Å². The lowest BCUT2D eigenvalue weighted by Crippen LogP contribution is -2.37. The van der Waals surface area contributed by atoms with Crippen molar-refractivity contribution in [2.24, 2.45) is 7.05 Å². The number of ether oxygens (including phenoxy) is 1. The molecule has 1 fully saturated rings. The van der Waals surface area contributed by atoms with Gasteiger partial charge in [-0.1, -0.05) is 6.07 Å². The molecule has 1 atom stereocenters. The van der Waals surface area contributed by atoms with Gasteiger partial charge in [0.25, 0.3) is 5.91 Å². The first-order chi connectivity index (χ1) is 14.3. The molecule has 0 bridgehead atoms. The monoisotopic (exact) mass is 417 g/mol. The third kappa shape index (κ3) is 3.81. The number of hydrogen-bond donors (Lipinski definition) is 1. The first-order valence-corrected chi connectivity index (χ1v) is 9.63. The quantitative estimate of drug-likeness (QED) is 0.692. The van der Waals surface area contributed by atoms with Gasteiger partial charge in [-0.15, -0.1) is 0 Å². The molecule has 2 heterocycles. The smallest absolute Gasteiger partial charge is 0.416 e. The maximum Gasteiger partial charge on any atom is 0.416 e. The van der Waals surface area contributed by atoms with E-state index in [0.717, 1.165) is 36.5 Å². The molecule has 1 saturated heterocycles. The first kappa shape index (κ1) is 20.1. The van der Waals surface area contributed by atoms with E-state index in [1.165, 1.54) is 12.1 Å². The second-order valence-electron chi connectivity index (χ2n) is 7.47. The van der Waals surface area contributed by atoms with E-state index in [4.69, 9.17) is 4.74 Å². The summed E-state index contributed by atoms with van der Waals surface area (Å²) in [6.07, 6.45) is -3.63. The molecule has 1 N–H and O–H groups in total. The van der Waals surface area contributed by atoms with Crippen LogP contribution in [0.4, 0.5) is 18.9 Å². The summed E-state index contributed by atoms with van der Waals surface area (Å²) in [4.78, 5) is 15.0. The fraction of sp³-hybridized carbons (Fsp3) is 0.318. The van der Waals surface area contributed by atoms with Crippen LogP contribution in [0.15, 0.2) is 48.5 Å². The highest BCUT2D eigenvalue weighted by Crippen LogP contribution is 2.32. The average Bonchev–Trinajstić information content (AvgIpc) is 3.32. The van der Waals surface area contributed by atoms with Crippen molar-refractivity contribution in [1.82, 2.24) is 9.88 Å². The number of carbonyl (C=O) groups excluding carboxylic acids is 1. The molecule has 1 aliphatic rings. The molecule has 30 heavy (non-hydrogen) atoms. The van der Waals surface area contributed by atoms with Gasteiger partial charge in [-0.3, -0.25) is 4.79 Å². The largest absolute Gasteiger partial charge is 0.497 e. The number of halogens is 3. The van der Waals surface area contributed by atoms with Crippen LogP contribution in [0.1, 0.15) is 22.5 Å². The molecular formula is C22H22F3N3O2. The van der Waals surface area contributed by atoms with Crippen LogP contribution in [0.3, 0.4) is 0 Å². The van der Waals surface area contributed by atoms with E-state index in [9.17, 15) is 18.0 Å². The van der Waals surface area contributed by atoms with E-state index in [-0.39, 0.29) is 11.9 Å². The van der Waals surface area contributed by atoms with Crippen molar-refractivity contribution in [2.75, 3.05) is 25.1 Å². The zero-order valence-electron chi connectivity index (χ0n) is 16.7. The van der Waals surface area contributed by atoms with Gasteiger partial charge in [-0.2, -0.15) is 13.2 Å². The minimum atomic E-state index is -4.42. The Labute approximate surface area is 172 Å². The van der Waals surface area contributed by atoms with E-state index in [0.29, 0.717) is 23.1 Å². The lowest BCUT2D eigenvalue weighted by atomic mass is 10.1. The Balaban J connectivity index is 1.49. The van der Waals surface area contributed by atoms with Gasteiger partial charge in [-0.25, -0.2) is 0 Å². The lowest BCUT2D eigenvalue weighted by Gasteiger charge is -2.19. The number of hydrogen-bond acceptors (Lipinski definition) is 3. The van der Waals surface area contributed by atoms with Gasteiger partial charge in [0.2, 0.25) is 0 Å². The predicted molar refractivity (Wildman–Crippen MR) is 109 cm³/mol. The van der Waals surface area contributed by atoms with Crippen LogP contribution in [-0.2, 0) is 13.2 Å². The molecule has 1 aromatic heterocycles. The van der Waals surface area contributed by atoms with E-state index in [1.807, 2.05) is 24.3 Å². The van der Waals surface area contributed by atoms with Crippen LogP contribution in [0.2, 0.25) is 0 Å². The summed E-state index contributed by atoms with van der Waals surface area (Å²) >= 11 is 0. The molecule has 1 amide bonds. The summed E-state index contributed by atoms with van der Waals surface area (Å²) in [6.45, 7) is 1.45. The molecule has 5 nitrogen and oxygen atoms in total. The summed E-state index contributed by atoms with van der Waals surface area (Å²) in [5.41, 5.74) is 1.22. The number of fused-ring (bicyclic) bond motifs is 1. The third-order valence-electron chi connectivity index (χ3n) is 5.54. The van der Waals surface area contributed by atoms with Gasteiger partial charge >= 0.3 is 6.18 Å². The van der Waals surface area contributed by atoms with Crippen LogP contribution in [0.25, 0.3) is 10.9 Å². The molecule has 1 aliphatic heterocycles. The highest BCUT2D eigenvalue weighted by molar-refractivity contribution is 5.99. The molecule has 1 unspecified atom stereocenters. The van der Waals surface area contributed by atoms with Crippen molar-refractivity contribution in [3.63, 3.8) is 0 Å². The molecule has 4 rings (SSSR count). The van der Waals surface area contributed by atoms with E-state index >= 15 is 0 Å². The zero-order chi connectivity index (χ0) is 21.5. The van der Waals surface area contributed by atoms with Gasteiger partial charge in [0.15, 0.2) is 0 Å². The summed E-state index contributed by atoms with van der Waals surface area (Å²) < 4.78 is 45.8. The Bertz CT molecular complexity index is 1090. The Morgan fingerprint density at radius 1 is 1.17 bits per heavy atom. The molecule has 2 aromatic carbocycles. The number of nitrogens with one attached hydrogen (secondary N) is 1. The highest BCUT2D eigenvalue weighted by atomic mass is 19.4. The lowest BCUT2D eigenvalue weighted by molar-refractivity contribution is -0.137. The van der Waals surface area contributed by atoms with Crippen molar-refractivity contribution >= 4 is 22.5 Å². The number of amides is 1. The van der Waals surface area contributed by atoms with Crippen LogP contribution in [-0.4, -0.2) is 36.7 Å². The van der Waals surface area contributed by atoms with Crippen molar-refractivity contribution in [1.29, 1.82) is 0 Å². The average molecular weight is 417 g/mol. The summed E-state index contributed by atoms with van der Waals surface area (Å²) in [6, 6.07) is 12.7. The minimum absolute atomic E-state index is 0.0487. The Hall–Kier alpha value is -3.16. The Morgan fingerprint density at radius 2 is 1.97 bits per heavy atom. The molecule has 8 heteroatoms. The Kier molecular flexibility index (Phi) is 5.09. The van der Waals surface area contributed by atoms with Crippen LogP contribution >= 0.6 is 0 Å². The summed E-state index contributed by atoms with van der Waals surface area (Å²) in [5, 5.41) is 3.41. The number of alkyl halides is 3. The normalized spacial score (nSPS) is 16.8. The number of methoxy groups -OCH3 is 1. The summed E-state index contributed by atoms with van der Waals surface area (Å²) in [7, 11) is 3.30. The highest BCUT2D eigenvalue weighted by Gasteiger charge is 2.31. The molecule has 0 radical (unpaired) electrons. The van der Waals surface area contributed by atoms with Crippen molar-refractivity contribution in [3.8, 4) is 5.75 Å². The fourth-order valence-corrected chi connectivity index (χ4v) is 3.92. The molecule has 0 spiro atoms. The van der Waals surface area contributed by atoms with Gasteiger partial charge in [-0.05, 0) is 42.8 Å². The summed E-state index contributed by atoms with van der Waals surface area (Å²) in [5.74, 6) is 0.480. The number of anilines is 1. The first-order valence-electron chi connectivity index (χ1n) is 9.63. The van der Waals surface area contributed by atoms with Gasteiger partial charge in [0, 0.05) is 48.8 Å². The van der Waals surface area contributed by atoms with Crippen molar-refractivity contribution < 1.29 is 22.7 Å². The number of aromatic nitrogens is 1. The van der Waals surface area contributed by atoms with Gasteiger partial charge in [0.1, 0.15) is 11.4 Å². The maximum absolute atomic E-state index is 13.0. The van der Waals surface area contributed by atoms with Crippen LogP contribution in [0, 0.1) is 0 Å². The standard InChI is InChI=1S/C22H22F3N3O2/c1-27-19-7-6-15(22(23,24)25)10-14(19)11-20(27)21(29)26-16-8-9-28(13-16)17-4-3-5-18(12-17)30-2/h3-7,10-12,16H,8-9,13H2,1-2H3,(H,26,29). The number of nitrogens with zero attached hydrogens (tertiary/aromatic N) is 2. The second-order valence-corrected chi connectivity index (χ2v) is 7.47. The minimum Gasteiger partial charge on any atom is -0.497 e. The number of aryl methyl sites for hydroxylation is 1. The predicted octanol–water partition coefficient (Wildman–Crippen LogP) is 4.21. The third-order valence-corrected chi connectivity index (χ3v) is 5.54. The SMILES string of the molecule is COc1cccc(N2CCC(NC(=O)c3cc4cc(C(F)(F)F)ccc4n3C)C2)c1. The second kappa shape index (κ2) is 7.59. The zero-order valence-corrected chi connectivity index (χ0v) is 16.7. The van der Waals surface area contributed by atoms with E-state index in [1.54, 1.807) is 18.7 Å². The molecule has 3 aromatic rings. The van der Waals surface area contributed by atoms with Gasteiger partial charge < -0.3 is 19.5 Å². The topological polar surface area (TPSA) is 46.5 Å². The van der Waals surface area contributed by atoms with Crippen LogP contribution in [0.5, 0.6) is 5.75 Å². The fourth-order valence-electron chi connectivity index (χ4n) is 3.92. The number of rotatable bonds is 4. The molecular weight excluding hydrogens is 395 g/mol. The Morgan fingerprint density at radius 3 is 2.70 bits per heavy atom. The maximum atomic E-state index is 13.0. The molecule has 0 aliphatic carbocycles. The molecule has 158 valence electrons. The van der Waals surface area contributed by atoms with E-state index < -0.39 is 11.7 Å². The van der Waals surface area contributed by atoms with E-state index in [2.05, 4.69) is 10.2 Å². The van der Waals surface area contributed by atoms with Crippen molar-refractivity contribution in [2.45, 2.75) is 18.6 Å².